The average molecular weight is 442 g/mol. The minimum Gasteiger partial charge on any atom is -0.303 e. The van der Waals surface area contributed by atoms with Crippen LogP contribution in [0.5, 0.6) is 0 Å². The van der Waals surface area contributed by atoms with Crippen molar-refractivity contribution in [2.75, 3.05) is 4.90 Å². The second-order valence-electron chi connectivity index (χ2n) is 6.03. The van der Waals surface area contributed by atoms with Crippen LogP contribution in [-0.2, 0) is 20.9 Å². The largest absolute Gasteiger partial charge is 0.303 e. The van der Waals surface area contributed by atoms with E-state index in [1.54, 1.807) is 17.0 Å². The first-order chi connectivity index (χ1) is 13.0. The molecule has 0 spiro atoms. The van der Waals surface area contributed by atoms with Gasteiger partial charge in [-0.15, -0.1) is 0 Å². The lowest BCUT2D eigenvalue weighted by Gasteiger charge is -2.19. The first kappa shape index (κ1) is 17.6. The van der Waals surface area contributed by atoms with Gasteiger partial charge in [-0.2, -0.15) is 0 Å². The van der Waals surface area contributed by atoms with E-state index in [0.29, 0.717) is 17.8 Å². The van der Waals surface area contributed by atoms with Gasteiger partial charge in [-0.05, 0) is 36.0 Å². The monoisotopic (exact) mass is 441 g/mol. The molecular weight excluding hydrogens is 430 g/mol. The SMILES string of the molecule is O=C1NC(=S)NC(=O)C1=C1C(=O)N(Cc2ccccc2)c2ccc(Br)cc21. The number of fused-ring (bicyclic) bond motifs is 1. The number of amides is 3. The molecule has 6 nitrogen and oxygen atoms in total. The first-order valence-corrected chi connectivity index (χ1v) is 9.22. The number of carbonyl (C=O) groups is 3. The van der Waals surface area contributed by atoms with Crippen LogP contribution in [0.15, 0.2) is 58.6 Å². The number of rotatable bonds is 2. The van der Waals surface area contributed by atoms with Crippen molar-refractivity contribution in [3.05, 3.63) is 69.7 Å². The summed E-state index contributed by atoms with van der Waals surface area (Å²) in [4.78, 5) is 39.6. The fourth-order valence-electron chi connectivity index (χ4n) is 3.16. The van der Waals surface area contributed by atoms with Crippen LogP contribution in [0.25, 0.3) is 5.57 Å². The molecule has 4 rings (SSSR count). The highest BCUT2D eigenvalue weighted by Gasteiger charge is 2.40. The van der Waals surface area contributed by atoms with Crippen molar-refractivity contribution in [2.24, 2.45) is 0 Å². The number of anilines is 1. The highest BCUT2D eigenvalue weighted by Crippen LogP contribution is 2.41. The number of nitrogens with one attached hydrogen (secondary N) is 2. The Bertz CT molecular complexity index is 1030. The summed E-state index contributed by atoms with van der Waals surface area (Å²) in [7, 11) is 0. The second kappa shape index (κ2) is 6.71. The van der Waals surface area contributed by atoms with Crippen LogP contribution in [0.2, 0.25) is 0 Å². The molecule has 8 heteroatoms. The van der Waals surface area contributed by atoms with Crippen LogP contribution in [0.3, 0.4) is 0 Å². The molecule has 2 aromatic rings. The number of benzene rings is 2. The molecule has 0 aromatic heterocycles. The van der Waals surface area contributed by atoms with Gasteiger partial charge in [-0.25, -0.2) is 0 Å². The molecule has 0 bridgehead atoms. The maximum absolute atomic E-state index is 13.2. The number of thiocarbonyl (C=S) groups is 1. The number of hydrogen-bond acceptors (Lipinski definition) is 4. The van der Waals surface area contributed by atoms with Crippen LogP contribution in [0.1, 0.15) is 11.1 Å². The molecule has 134 valence electrons. The Morgan fingerprint density at radius 1 is 0.926 bits per heavy atom. The standard InChI is InChI=1S/C19H12BrN3O3S/c20-11-6-7-13-12(8-11)14(15-16(24)21-19(27)22-17(15)25)18(26)23(13)9-10-4-2-1-3-5-10/h1-8H,9H2,(H2,21,22,24,25,27). The molecule has 3 amide bonds. The first-order valence-electron chi connectivity index (χ1n) is 8.02. The van der Waals surface area contributed by atoms with Gasteiger partial charge in [-0.3, -0.25) is 25.0 Å². The molecule has 27 heavy (non-hydrogen) atoms. The molecule has 2 aliphatic rings. The van der Waals surface area contributed by atoms with Gasteiger partial charge in [0.1, 0.15) is 5.57 Å². The summed E-state index contributed by atoms with van der Waals surface area (Å²) in [5.41, 5.74) is 1.94. The van der Waals surface area contributed by atoms with Crippen LogP contribution in [-0.4, -0.2) is 22.8 Å². The number of carbonyl (C=O) groups excluding carboxylic acids is 3. The Hall–Kier alpha value is -2.84. The highest BCUT2D eigenvalue weighted by molar-refractivity contribution is 9.10. The minimum absolute atomic E-state index is 0.0692. The van der Waals surface area contributed by atoms with E-state index in [4.69, 9.17) is 12.2 Å². The second-order valence-corrected chi connectivity index (χ2v) is 7.35. The molecule has 1 saturated heterocycles. The Balaban J connectivity index is 1.87. The van der Waals surface area contributed by atoms with Gasteiger partial charge in [0, 0.05) is 10.0 Å². The number of nitrogens with zero attached hydrogens (tertiary/aromatic N) is 1. The molecule has 0 radical (unpaired) electrons. The summed E-state index contributed by atoms with van der Waals surface area (Å²) in [6.07, 6.45) is 0. The van der Waals surface area contributed by atoms with Crippen molar-refractivity contribution in [3.8, 4) is 0 Å². The van der Waals surface area contributed by atoms with Crippen molar-refractivity contribution >= 4 is 62.2 Å². The number of hydrogen-bond donors (Lipinski definition) is 2. The summed E-state index contributed by atoms with van der Waals surface area (Å²) >= 11 is 8.22. The molecule has 2 aromatic carbocycles. The molecule has 0 atom stereocenters. The van der Waals surface area contributed by atoms with Gasteiger partial charge in [0.25, 0.3) is 17.7 Å². The Morgan fingerprint density at radius 3 is 2.26 bits per heavy atom. The third kappa shape index (κ3) is 3.07. The van der Waals surface area contributed by atoms with Crippen molar-refractivity contribution in [1.29, 1.82) is 0 Å². The third-order valence-electron chi connectivity index (χ3n) is 4.32. The quantitative estimate of drug-likeness (QED) is 0.425. The zero-order valence-electron chi connectivity index (χ0n) is 13.8. The third-order valence-corrected chi connectivity index (χ3v) is 5.02. The van der Waals surface area contributed by atoms with Crippen molar-refractivity contribution in [1.82, 2.24) is 10.6 Å². The summed E-state index contributed by atoms with van der Waals surface area (Å²) in [6, 6.07) is 14.8. The van der Waals surface area contributed by atoms with E-state index in [1.807, 2.05) is 36.4 Å². The van der Waals surface area contributed by atoms with Gasteiger partial charge < -0.3 is 4.90 Å². The van der Waals surface area contributed by atoms with E-state index in [1.165, 1.54) is 0 Å². The lowest BCUT2D eigenvalue weighted by Crippen LogP contribution is -2.52. The van der Waals surface area contributed by atoms with Gasteiger partial charge in [0.15, 0.2) is 5.11 Å². The Kier molecular flexibility index (Phi) is 4.37. The smallest absolute Gasteiger partial charge is 0.263 e. The van der Waals surface area contributed by atoms with E-state index in [-0.39, 0.29) is 16.3 Å². The van der Waals surface area contributed by atoms with Gasteiger partial charge in [0.05, 0.1) is 17.8 Å². The van der Waals surface area contributed by atoms with E-state index < -0.39 is 17.7 Å². The van der Waals surface area contributed by atoms with Crippen molar-refractivity contribution in [3.63, 3.8) is 0 Å². The summed E-state index contributed by atoms with van der Waals surface area (Å²) in [6.45, 7) is 0.326. The maximum Gasteiger partial charge on any atom is 0.263 e. The minimum atomic E-state index is -0.681. The zero-order valence-corrected chi connectivity index (χ0v) is 16.2. The topological polar surface area (TPSA) is 78.5 Å². The number of halogens is 1. The Labute approximate surface area is 168 Å². The molecule has 1 fully saturated rings. The van der Waals surface area contributed by atoms with E-state index in [2.05, 4.69) is 26.6 Å². The van der Waals surface area contributed by atoms with E-state index in [9.17, 15) is 14.4 Å². The molecule has 0 saturated carbocycles. The van der Waals surface area contributed by atoms with Crippen LogP contribution < -0.4 is 15.5 Å². The van der Waals surface area contributed by atoms with E-state index in [0.717, 1.165) is 10.0 Å². The fraction of sp³-hybridized carbons (Fsp3) is 0.0526. The molecule has 0 unspecified atom stereocenters. The average Bonchev–Trinajstić information content (AvgIpc) is 2.87. The van der Waals surface area contributed by atoms with Gasteiger partial charge in [-0.1, -0.05) is 46.3 Å². The molecule has 2 heterocycles. The van der Waals surface area contributed by atoms with E-state index >= 15 is 0 Å². The molecule has 2 N–H and O–H groups in total. The Morgan fingerprint density at radius 2 is 1.59 bits per heavy atom. The van der Waals surface area contributed by atoms with Crippen LogP contribution in [0, 0.1) is 0 Å². The predicted molar refractivity (Wildman–Crippen MR) is 108 cm³/mol. The van der Waals surface area contributed by atoms with Gasteiger partial charge in [0.2, 0.25) is 0 Å². The molecule has 0 aliphatic carbocycles. The molecular formula is C19H12BrN3O3S. The lowest BCUT2D eigenvalue weighted by molar-refractivity contribution is -0.124. The zero-order chi connectivity index (χ0) is 19.1. The van der Waals surface area contributed by atoms with Crippen molar-refractivity contribution < 1.29 is 14.4 Å². The summed E-state index contributed by atoms with van der Waals surface area (Å²) < 4.78 is 0.737. The lowest BCUT2D eigenvalue weighted by atomic mass is 9.99. The summed E-state index contributed by atoms with van der Waals surface area (Å²) in [5.74, 6) is -1.76. The molecule has 2 aliphatic heterocycles. The van der Waals surface area contributed by atoms with Crippen LogP contribution in [0.4, 0.5) is 5.69 Å². The summed E-state index contributed by atoms with van der Waals surface area (Å²) in [5, 5.41) is 4.70. The highest BCUT2D eigenvalue weighted by atomic mass is 79.9. The normalized spacial score (nSPS) is 16.4. The maximum atomic E-state index is 13.2. The predicted octanol–water partition coefficient (Wildman–Crippen LogP) is 2.28. The fourth-order valence-corrected chi connectivity index (χ4v) is 3.71. The van der Waals surface area contributed by atoms with Gasteiger partial charge >= 0.3 is 0 Å². The van der Waals surface area contributed by atoms with Crippen molar-refractivity contribution in [2.45, 2.75) is 6.54 Å². The van der Waals surface area contributed by atoms with Crippen LogP contribution >= 0.6 is 28.1 Å².